The lowest BCUT2D eigenvalue weighted by molar-refractivity contribution is -0.137. The molecule has 0 aliphatic heterocycles. The van der Waals surface area contributed by atoms with Gasteiger partial charge in [0.15, 0.2) is 6.61 Å². The summed E-state index contributed by atoms with van der Waals surface area (Å²) in [5.74, 6) is 0.282. The van der Waals surface area contributed by atoms with E-state index >= 15 is 0 Å². The van der Waals surface area contributed by atoms with Gasteiger partial charge in [0.25, 0.3) is 5.91 Å². The number of anilines is 1. The fraction of sp³-hybridized carbons (Fsp3) is 0.273. The first-order chi connectivity index (χ1) is 14.1. The van der Waals surface area contributed by atoms with E-state index in [0.717, 1.165) is 17.7 Å². The van der Waals surface area contributed by atoms with E-state index in [1.165, 1.54) is 6.07 Å². The maximum Gasteiger partial charge on any atom is 0.416 e. The fourth-order valence-electron chi connectivity index (χ4n) is 3.09. The summed E-state index contributed by atoms with van der Waals surface area (Å²) in [6.45, 7) is 5.37. The minimum Gasteiger partial charge on any atom is -0.483 e. The first-order valence-electron chi connectivity index (χ1n) is 9.33. The lowest BCUT2D eigenvalue weighted by Gasteiger charge is -2.11. The van der Waals surface area contributed by atoms with Crippen molar-refractivity contribution in [2.75, 3.05) is 11.9 Å². The first-order valence-corrected chi connectivity index (χ1v) is 9.33. The van der Waals surface area contributed by atoms with Crippen LogP contribution < -0.4 is 10.1 Å². The highest BCUT2D eigenvalue weighted by molar-refractivity contribution is 5.93. The molecule has 158 valence electrons. The molecule has 0 saturated carbocycles. The van der Waals surface area contributed by atoms with E-state index in [0.29, 0.717) is 28.4 Å². The number of para-hydroxylation sites is 1. The summed E-state index contributed by atoms with van der Waals surface area (Å²) >= 11 is 0. The summed E-state index contributed by atoms with van der Waals surface area (Å²) in [4.78, 5) is 12.3. The molecular formula is C22H22F3N3O2. The standard InChI is InChI=1S/C22H22F3N3O2/c1-14-7-4-5-10-19(14)30-13-20(29)26-21-15(2)27-28(16(21)3)12-17-8-6-9-18(11-17)22(23,24)25/h4-11H,12-13H2,1-3H3,(H,26,29). The molecule has 1 aromatic heterocycles. The highest BCUT2D eigenvalue weighted by Gasteiger charge is 2.30. The van der Waals surface area contributed by atoms with Gasteiger partial charge < -0.3 is 10.1 Å². The summed E-state index contributed by atoms with van der Waals surface area (Å²) < 4.78 is 45.9. The predicted molar refractivity (Wildman–Crippen MR) is 108 cm³/mol. The number of aryl methyl sites for hydroxylation is 2. The predicted octanol–water partition coefficient (Wildman–Crippen LogP) is 4.89. The Hall–Kier alpha value is -3.29. The molecule has 3 aromatic rings. The average molecular weight is 417 g/mol. The van der Waals surface area contributed by atoms with Crippen LogP contribution in [0.15, 0.2) is 48.5 Å². The molecule has 0 radical (unpaired) electrons. The summed E-state index contributed by atoms with van der Waals surface area (Å²) in [5.41, 5.74) is 2.43. The van der Waals surface area contributed by atoms with Crippen LogP contribution in [-0.2, 0) is 17.5 Å². The number of rotatable bonds is 6. The van der Waals surface area contributed by atoms with Gasteiger partial charge in [0.1, 0.15) is 5.75 Å². The molecule has 1 amide bonds. The molecule has 30 heavy (non-hydrogen) atoms. The van der Waals surface area contributed by atoms with Gasteiger partial charge in [0, 0.05) is 0 Å². The van der Waals surface area contributed by atoms with E-state index in [4.69, 9.17) is 4.74 Å². The Morgan fingerprint density at radius 3 is 2.53 bits per heavy atom. The van der Waals surface area contributed by atoms with Crippen LogP contribution >= 0.6 is 0 Å². The van der Waals surface area contributed by atoms with Gasteiger partial charge in [-0.05, 0) is 50.1 Å². The Balaban J connectivity index is 1.70. The number of carbonyl (C=O) groups excluding carboxylic acids is 1. The Morgan fingerprint density at radius 1 is 1.10 bits per heavy atom. The molecule has 3 rings (SSSR count). The molecule has 0 bridgehead atoms. The molecule has 8 heteroatoms. The number of hydrogen-bond donors (Lipinski definition) is 1. The minimum absolute atomic E-state index is 0.159. The molecule has 0 aliphatic rings. The van der Waals surface area contributed by atoms with Crippen molar-refractivity contribution in [3.8, 4) is 5.75 Å². The van der Waals surface area contributed by atoms with Gasteiger partial charge >= 0.3 is 6.18 Å². The molecule has 1 N–H and O–H groups in total. The number of hydrogen-bond acceptors (Lipinski definition) is 3. The van der Waals surface area contributed by atoms with Crippen LogP contribution in [0.4, 0.5) is 18.9 Å². The maximum atomic E-state index is 12.9. The van der Waals surface area contributed by atoms with Gasteiger partial charge in [-0.25, -0.2) is 0 Å². The normalized spacial score (nSPS) is 11.4. The number of halogens is 3. The van der Waals surface area contributed by atoms with Gasteiger partial charge in [-0.2, -0.15) is 18.3 Å². The fourth-order valence-corrected chi connectivity index (χ4v) is 3.09. The molecular weight excluding hydrogens is 395 g/mol. The largest absolute Gasteiger partial charge is 0.483 e. The Kier molecular flexibility index (Phi) is 6.14. The third-order valence-electron chi connectivity index (χ3n) is 4.68. The zero-order chi connectivity index (χ0) is 21.9. The van der Waals surface area contributed by atoms with E-state index in [9.17, 15) is 18.0 Å². The molecule has 5 nitrogen and oxygen atoms in total. The number of nitrogens with zero attached hydrogens (tertiary/aromatic N) is 2. The second-order valence-corrected chi connectivity index (χ2v) is 7.00. The topological polar surface area (TPSA) is 56.1 Å². The lowest BCUT2D eigenvalue weighted by atomic mass is 10.1. The van der Waals surface area contributed by atoms with Crippen molar-refractivity contribution >= 4 is 11.6 Å². The quantitative estimate of drug-likeness (QED) is 0.621. The van der Waals surface area contributed by atoms with Crippen molar-refractivity contribution < 1.29 is 22.7 Å². The second-order valence-electron chi connectivity index (χ2n) is 7.00. The Morgan fingerprint density at radius 2 is 1.83 bits per heavy atom. The molecule has 0 unspecified atom stereocenters. The van der Waals surface area contributed by atoms with Crippen LogP contribution in [-0.4, -0.2) is 22.3 Å². The molecule has 2 aromatic carbocycles. The average Bonchev–Trinajstić information content (AvgIpc) is 2.94. The summed E-state index contributed by atoms with van der Waals surface area (Å²) in [7, 11) is 0. The first kappa shape index (κ1) is 21.4. The van der Waals surface area contributed by atoms with Crippen LogP contribution in [0.5, 0.6) is 5.75 Å². The van der Waals surface area contributed by atoms with Gasteiger partial charge in [0.2, 0.25) is 0 Å². The number of alkyl halides is 3. The summed E-state index contributed by atoms with van der Waals surface area (Å²) in [5, 5.41) is 7.15. The Labute approximate surface area is 172 Å². The number of aromatic nitrogens is 2. The maximum absolute atomic E-state index is 12.9. The van der Waals surface area contributed by atoms with Crippen molar-refractivity contribution in [3.05, 3.63) is 76.6 Å². The van der Waals surface area contributed by atoms with Gasteiger partial charge in [-0.3, -0.25) is 9.48 Å². The molecule has 0 spiro atoms. The monoisotopic (exact) mass is 417 g/mol. The molecule has 0 saturated heterocycles. The SMILES string of the molecule is Cc1ccccc1OCC(=O)Nc1c(C)nn(Cc2cccc(C(F)(F)F)c2)c1C. The number of benzene rings is 2. The van der Waals surface area contributed by atoms with E-state index in [-0.39, 0.29) is 19.1 Å². The van der Waals surface area contributed by atoms with Crippen molar-refractivity contribution in [1.29, 1.82) is 0 Å². The van der Waals surface area contributed by atoms with E-state index in [1.54, 1.807) is 30.7 Å². The van der Waals surface area contributed by atoms with E-state index in [1.807, 2.05) is 25.1 Å². The smallest absolute Gasteiger partial charge is 0.416 e. The zero-order valence-electron chi connectivity index (χ0n) is 16.9. The summed E-state index contributed by atoms with van der Waals surface area (Å²) in [6, 6.07) is 12.5. The number of nitrogens with one attached hydrogen (secondary N) is 1. The number of ether oxygens (including phenoxy) is 1. The van der Waals surface area contributed by atoms with E-state index < -0.39 is 11.7 Å². The second kappa shape index (κ2) is 8.61. The van der Waals surface area contributed by atoms with Crippen molar-refractivity contribution in [1.82, 2.24) is 9.78 Å². The Bertz CT molecular complexity index is 1060. The van der Waals surface area contributed by atoms with Gasteiger partial charge in [-0.15, -0.1) is 0 Å². The van der Waals surface area contributed by atoms with Crippen molar-refractivity contribution in [2.45, 2.75) is 33.5 Å². The number of carbonyl (C=O) groups is 1. The minimum atomic E-state index is -4.40. The van der Waals surface area contributed by atoms with Crippen molar-refractivity contribution in [2.24, 2.45) is 0 Å². The molecule has 0 atom stereocenters. The molecule has 0 fully saturated rings. The summed E-state index contributed by atoms with van der Waals surface area (Å²) in [6.07, 6.45) is -4.40. The van der Waals surface area contributed by atoms with Crippen LogP contribution in [0.3, 0.4) is 0 Å². The van der Waals surface area contributed by atoms with Crippen LogP contribution in [0.25, 0.3) is 0 Å². The third kappa shape index (κ3) is 5.00. The zero-order valence-corrected chi connectivity index (χ0v) is 16.9. The highest BCUT2D eigenvalue weighted by atomic mass is 19.4. The van der Waals surface area contributed by atoms with Crippen LogP contribution in [0.2, 0.25) is 0 Å². The third-order valence-corrected chi connectivity index (χ3v) is 4.68. The van der Waals surface area contributed by atoms with Gasteiger partial charge in [-0.1, -0.05) is 30.3 Å². The van der Waals surface area contributed by atoms with E-state index in [2.05, 4.69) is 10.4 Å². The number of amides is 1. The van der Waals surface area contributed by atoms with Crippen LogP contribution in [0.1, 0.15) is 28.1 Å². The van der Waals surface area contributed by atoms with Crippen molar-refractivity contribution in [3.63, 3.8) is 0 Å². The van der Waals surface area contributed by atoms with Crippen LogP contribution in [0, 0.1) is 20.8 Å². The highest BCUT2D eigenvalue weighted by Crippen LogP contribution is 2.30. The van der Waals surface area contributed by atoms with Gasteiger partial charge in [0.05, 0.1) is 29.2 Å². The lowest BCUT2D eigenvalue weighted by Crippen LogP contribution is -2.21. The molecule has 1 heterocycles. The molecule has 0 aliphatic carbocycles.